The van der Waals surface area contributed by atoms with E-state index in [9.17, 15) is 0 Å². The molecule has 81 valence electrons. The van der Waals surface area contributed by atoms with E-state index in [4.69, 9.17) is 10.5 Å². The van der Waals surface area contributed by atoms with Crippen molar-refractivity contribution in [2.45, 2.75) is 19.3 Å². The van der Waals surface area contributed by atoms with Gasteiger partial charge in [-0.2, -0.15) is 4.98 Å². The summed E-state index contributed by atoms with van der Waals surface area (Å²) < 4.78 is 5.05. The maximum Gasteiger partial charge on any atom is 0.240 e. The molecule has 1 aliphatic heterocycles. The molecule has 0 spiro atoms. The summed E-state index contributed by atoms with van der Waals surface area (Å²) in [6.07, 6.45) is 3.77. The molecule has 1 N–H and O–H groups in total. The third kappa shape index (κ3) is 2.14. The second kappa shape index (κ2) is 4.38. The first-order valence-electron chi connectivity index (χ1n) is 5.33. The van der Waals surface area contributed by atoms with Crippen molar-refractivity contribution < 1.29 is 4.74 Å². The summed E-state index contributed by atoms with van der Waals surface area (Å²) >= 11 is 0. The van der Waals surface area contributed by atoms with Crippen LogP contribution in [0.15, 0.2) is 12.1 Å². The molecule has 2 heterocycles. The normalized spacial score (nSPS) is 16.5. The Labute approximate surface area is 90.0 Å². The van der Waals surface area contributed by atoms with E-state index >= 15 is 0 Å². The standard InChI is InChI=1S/C11H16N3O/c1-15-11-9(12)5-6-10(13-11)14-7-3-2-4-8-14/h5-6,12H,2-4,7-8H2,1H3. The average Bonchev–Trinajstić information content (AvgIpc) is 2.31. The first-order valence-corrected chi connectivity index (χ1v) is 5.33. The van der Waals surface area contributed by atoms with E-state index in [1.807, 2.05) is 6.07 Å². The highest BCUT2D eigenvalue weighted by Gasteiger charge is 2.13. The molecule has 4 heteroatoms. The van der Waals surface area contributed by atoms with Crippen molar-refractivity contribution in [3.63, 3.8) is 0 Å². The highest BCUT2D eigenvalue weighted by molar-refractivity contribution is 5.52. The summed E-state index contributed by atoms with van der Waals surface area (Å²) in [7, 11) is 1.56. The quantitative estimate of drug-likeness (QED) is 0.743. The zero-order valence-electron chi connectivity index (χ0n) is 8.99. The number of nitrogens with zero attached hydrogens (tertiary/aromatic N) is 2. The first kappa shape index (κ1) is 10.1. The van der Waals surface area contributed by atoms with Crippen LogP contribution in [0.3, 0.4) is 0 Å². The van der Waals surface area contributed by atoms with Crippen LogP contribution >= 0.6 is 0 Å². The van der Waals surface area contributed by atoms with E-state index in [0.29, 0.717) is 11.6 Å². The van der Waals surface area contributed by atoms with Crippen LogP contribution in [0.25, 0.3) is 0 Å². The molecule has 1 saturated heterocycles. The number of ether oxygens (including phenoxy) is 1. The second-order valence-corrected chi connectivity index (χ2v) is 3.77. The predicted molar refractivity (Wildman–Crippen MR) is 59.6 cm³/mol. The van der Waals surface area contributed by atoms with E-state index in [2.05, 4.69) is 9.88 Å². The Kier molecular flexibility index (Phi) is 2.94. The number of nitrogens with one attached hydrogen (secondary N) is 1. The minimum Gasteiger partial charge on any atom is -0.479 e. The molecule has 4 nitrogen and oxygen atoms in total. The third-order valence-corrected chi connectivity index (χ3v) is 2.72. The summed E-state index contributed by atoms with van der Waals surface area (Å²) in [4.78, 5) is 6.59. The molecular weight excluding hydrogens is 190 g/mol. The molecule has 0 aliphatic carbocycles. The van der Waals surface area contributed by atoms with Crippen molar-refractivity contribution in [1.82, 2.24) is 10.7 Å². The number of aromatic nitrogens is 1. The molecule has 1 aromatic heterocycles. The number of piperidine rings is 1. The highest BCUT2D eigenvalue weighted by atomic mass is 16.5. The van der Waals surface area contributed by atoms with E-state index < -0.39 is 0 Å². The molecule has 1 aromatic rings. The van der Waals surface area contributed by atoms with Crippen LogP contribution < -0.4 is 15.4 Å². The Hall–Kier alpha value is -1.45. The molecular formula is C11H16N3O. The van der Waals surface area contributed by atoms with Gasteiger partial charge in [0.05, 0.1) is 7.11 Å². The van der Waals surface area contributed by atoms with Gasteiger partial charge in [-0.05, 0) is 31.4 Å². The maximum absolute atomic E-state index is 7.58. The Morgan fingerprint density at radius 1 is 1.27 bits per heavy atom. The largest absolute Gasteiger partial charge is 0.479 e. The maximum atomic E-state index is 7.58. The van der Waals surface area contributed by atoms with Gasteiger partial charge < -0.3 is 9.64 Å². The van der Waals surface area contributed by atoms with Crippen molar-refractivity contribution in [1.29, 1.82) is 0 Å². The minimum absolute atomic E-state index is 0.346. The van der Waals surface area contributed by atoms with Gasteiger partial charge in [0.25, 0.3) is 0 Å². The summed E-state index contributed by atoms with van der Waals surface area (Å²) in [5.74, 6) is 1.35. The van der Waals surface area contributed by atoms with Gasteiger partial charge >= 0.3 is 0 Å². The molecule has 1 fully saturated rings. The van der Waals surface area contributed by atoms with Gasteiger partial charge in [-0.1, -0.05) is 0 Å². The molecule has 0 atom stereocenters. The van der Waals surface area contributed by atoms with Crippen molar-refractivity contribution >= 4 is 11.5 Å². The molecule has 0 aromatic carbocycles. The fourth-order valence-corrected chi connectivity index (χ4v) is 1.89. The molecule has 1 radical (unpaired) electrons. The molecule has 0 saturated carbocycles. The molecule has 0 bridgehead atoms. The Balaban J connectivity index is 2.20. The van der Waals surface area contributed by atoms with Gasteiger partial charge in [0, 0.05) is 13.1 Å². The van der Waals surface area contributed by atoms with Gasteiger partial charge in [-0.3, -0.25) is 5.73 Å². The molecule has 15 heavy (non-hydrogen) atoms. The lowest BCUT2D eigenvalue weighted by atomic mass is 10.1. The van der Waals surface area contributed by atoms with Crippen molar-refractivity contribution in [2.24, 2.45) is 0 Å². The Morgan fingerprint density at radius 3 is 2.67 bits per heavy atom. The zero-order valence-corrected chi connectivity index (χ0v) is 8.99. The van der Waals surface area contributed by atoms with Gasteiger partial charge in [-0.15, -0.1) is 0 Å². The van der Waals surface area contributed by atoms with Crippen LogP contribution in [0.1, 0.15) is 19.3 Å². The van der Waals surface area contributed by atoms with Crippen LogP contribution in [-0.2, 0) is 0 Å². The van der Waals surface area contributed by atoms with Gasteiger partial charge in [0.1, 0.15) is 11.5 Å². The number of rotatable bonds is 2. The number of pyridine rings is 1. The molecule has 1 aliphatic rings. The molecule has 2 rings (SSSR count). The number of hydrogen-bond donors (Lipinski definition) is 0. The smallest absolute Gasteiger partial charge is 0.240 e. The monoisotopic (exact) mass is 206 g/mol. The summed E-state index contributed by atoms with van der Waals surface area (Å²) in [5.41, 5.74) is 7.92. The van der Waals surface area contributed by atoms with Crippen LogP contribution in [0.2, 0.25) is 0 Å². The number of hydrogen-bond acceptors (Lipinski definition) is 3. The average molecular weight is 206 g/mol. The van der Waals surface area contributed by atoms with Crippen molar-refractivity contribution in [3.8, 4) is 5.88 Å². The van der Waals surface area contributed by atoms with Gasteiger partial charge in [0.15, 0.2) is 0 Å². The van der Waals surface area contributed by atoms with Crippen molar-refractivity contribution in [3.05, 3.63) is 12.1 Å². The fourth-order valence-electron chi connectivity index (χ4n) is 1.89. The minimum atomic E-state index is 0.346. The molecule has 0 unspecified atom stereocenters. The van der Waals surface area contributed by atoms with E-state index in [1.165, 1.54) is 19.3 Å². The highest BCUT2D eigenvalue weighted by Crippen LogP contribution is 2.25. The first-order chi connectivity index (χ1) is 7.31. The summed E-state index contributed by atoms with van der Waals surface area (Å²) in [6.45, 7) is 2.13. The lowest BCUT2D eigenvalue weighted by Crippen LogP contribution is -2.30. The topological polar surface area (TPSA) is 49.2 Å². The SMILES string of the molecule is COc1nc(N2CCCCC2)ccc1[NH]. The summed E-state index contributed by atoms with van der Waals surface area (Å²) in [6, 6.07) is 3.64. The molecule has 0 amide bonds. The summed E-state index contributed by atoms with van der Waals surface area (Å²) in [5, 5.41) is 0. The lowest BCUT2D eigenvalue weighted by Gasteiger charge is -2.27. The van der Waals surface area contributed by atoms with Crippen LogP contribution in [-0.4, -0.2) is 25.2 Å². The van der Waals surface area contributed by atoms with Crippen LogP contribution in [0.5, 0.6) is 5.88 Å². The number of anilines is 1. The van der Waals surface area contributed by atoms with Gasteiger partial charge in [0.2, 0.25) is 5.88 Å². The van der Waals surface area contributed by atoms with Crippen LogP contribution in [0, 0.1) is 0 Å². The predicted octanol–water partition coefficient (Wildman–Crippen LogP) is 1.99. The van der Waals surface area contributed by atoms with E-state index in [0.717, 1.165) is 18.9 Å². The zero-order chi connectivity index (χ0) is 10.7. The van der Waals surface area contributed by atoms with Crippen molar-refractivity contribution in [2.75, 3.05) is 25.1 Å². The van der Waals surface area contributed by atoms with E-state index in [1.54, 1.807) is 13.2 Å². The Bertz CT molecular complexity index is 335. The third-order valence-electron chi connectivity index (χ3n) is 2.72. The number of methoxy groups -OCH3 is 1. The van der Waals surface area contributed by atoms with E-state index in [-0.39, 0.29) is 0 Å². The fraction of sp³-hybridized carbons (Fsp3) is 0.545. The lowest BCUT2D eigenvalue weighted by molar-refractivity contribution is 0.398. The van der Waals surface area contributed by atoms with Crippen LogP contribution in [0.4, 0.5) is 11.5 Å². The second-order valence-electron chi connectivity index (χ2n) is 3.77. The Morgan fingerprint density at radius 2 is 2.00 bits per heavy atom. The van der Waals surface area contributed by atoms with Gasteiger partial charge in [-0.25, -0.2) is 0 Å².